The lowest BCUT2D eigenvalue weighted by atomic mass is 10.0. The van der Waals surface area contributed by atoms with Crippen LogP contribution in [-0.2, 0) is 16.5 Å². The number of fused-ring (bicyclic) bond motifs is 2. The van der Waals surface area contributed by atoms with E-state index in [1.807, 2.05) is 49.3 Å². The van der Waals surface area contributed by atoms with Gasteiger partial charge in [0.1, 0.15) is 17.5 Å². The highest BCUT2D eigenvalue weighted by Gasteiger charge is 2.39. The van der Waals surface area contributed by atoms with Gasteiger partial charge in [0, 0.05) is 55.8 Å². The Morgan fingerprint density at radius 1 is 1.20 bits per heavy atom. The molecule has 0 radical (unpaired) electrons. The number of anilines is 1. The monoisotopic (exact) mass is 550 g/mol. The number of carbonyl (C=O) groups is 1. The van der Waals surface area contributed by atoms with Crippen LogP contribution in [-0.4, -0.2) is 82.6 Å². The smallest absolute Gasteiger partial charge is 0.410 e. The second kappa shape index (κ2) is 10.5. The van der Waals surface area contributed by atoms with Gasteiger partial charge in [-0.2, -0.15) is 5.10 Å². The highest BCUT2D eigenvalue weighted by molar-refractivity contribution is 5.92. The summed E-state index contributed by atoms with van der Waals surface area (Å²) in [6.45, 7) is 7.92. The van der Waals surface area contributed by atoms with Crippen LogP contribution >= 0.6 is 0 Å². The summed E-state index contributed by atoms with van der Waals surface area (Å²) in [6, 6.07) is 7.20. The number of methoxy groups -OCH3 is 1. The molecule has 4 heterocycles. The van der Waals surface area contributed by atoms with Crippen molar-refractivity contribution >= 4 is 33.7 Å². The number of pyridine rings is 2. The van der Waals surface area contributed by atoms with Gasteiger partial charge in [-0.3, -0.25) is 4.68 Å². The van der Waals surface area contributed by atoms with Crippen molar-refractivity contribution in [2.24, 2.45) is 7.05 Å². The Morgan fingerprint density at radius 3 is 2.70 bits per heavy atom. The van der Waals surface area contributed by atoms with Crippen LogP contribution in [0.4, 0.5) is 14.9 Å². The molecular formula is C29H35FN6O4. The van der Waals surface area contributed by atoms with Crippen LogP contribution in [0.1, 0.15) is 26.3 Å². The number of hydrogen-bond donors (Lipinski definition) is 0. The molecule has 1 aliphatic heterocycles. The second-order valence-corrected chi connectivity index (χ2v) is 11.2. The van der Waals surface area contributed by atoms with Crippen molar-refractivity contribution in [2.45, 2.75) is 45.5 Å². The van der Waals surface area contributed by atoms with E-state index in [2.05, 4.69) is 10.1 Å². The van der Waals surface area contributed by atoms with E-state index >= 15 is 4.39 Å². The van der Waals surface area contributed by atoms with E-state index in [9.17, 15) is 4.79 Å². The van der Waals surface area contributed by atoms with E-state index in [4.69, 9.17) is 19.2 Å². The van der Waals surface area contributed by atoms with Crippen LogP contribution in [0.2, 0.25) is 0 Å². The minimum Gasteiger partial charge on any atom is -0.466 e. The van der Waals surface area contributed by atoms with Crippen LogP contribution < -0.4 is 9.64 Å². The number of carbonyl (C=O) groups excluding carboxylic acids is 1. The summed E-state index contributed by atoms with van der Waals surface area (Å²) in [6.07, 6.45) is 1.90. The van der Waals surface area contributed by atoms with Gasteiger partial charge in [0.05, 0.1) is 35.7 Å². The number of alkyl halides is 1. The van der Waals surface area contributed by atoms with Gasteiger partial charge < -0.3 is 24.0 Å². The predicted molar refractivity (Wildman–Crippen MR) is 151 cm³/mol. The Morgan fingerprint density at radius 2 is 1.98 bits per heavy atom. The molecule has 10 nitrogen and oxygen atoms in total. The third-order valence-electron chi connectivity index (χ3n) is 6.99. The Labute approximate surface area is 232 Å². The molecule has 1 aromatic carbocycles. The zero-order valence-electron chi connectivity index (χ0n) is 23.9. The number of hydrogen-bond acceptors (Lipinski definition) is 8. The van der Waals surface area contributed by atoms with Crippen molar-refractivity contribution in [1.82, 2.24) is 24.6 Å². The molecule has 0 N–H and O–H groups in total. The Balaban J connectivity index is 1.42. The standard InChI is InChI=1S/C29H35FN6O4/c1-17-25-19(13-34(5)33-25)11-21(26(17)39-16-38-7)23-9-8-18-10-20(12-31-27(18)32-23)36-14-22(30)24(15-36)35(6)28(37)40-29(2,3)4/h8-13,22,24H,14-16H2,1-7H3/t22-,24+/m1/s1. The fourth-order valence-electron chi connectivity index (χ4n) is 5.04. The van der Waals surface area contributed by atoms with Crippen LogP contribution in [0.25, 0.3) is 33.2 Å². The Kier molecular flexibility index (Phi) is 7.26. The Bertz CT molecular complexity index is 1570. The number of aromatic nitrogens is 4. The third kappa shape index (κ3) is 5.38. The van der Waals surface area contributed by atoms with Crippen molar-refractivity contribution in [1.29, 1.82) is 0 Å². The highest BCUT2D eigenvalue weighted by Crippen LogP contribution is 2.38. The van der Waals surface area contributed by atoms with Gasteiger partial charge in [-0.15, -0.1) is 0 Å². The lowest BCUT2D eigenvalue weighted by Gasteiger charge is -2.29. The molecule has 3 aromatic heterocycles. The van der Waals surface area contributed by atoms with Gasteiger partial charge in [0.15, 0.2) is 12.4 Å². The Hall–Kier alpha value is -3.99. The zero-order chi connectivity index (χ0) is 28.8. The van der Waals surface area contributed by atoms with Gasteiger partial charge in [0.25, 0.3) is 0 Å². The summed E-state index contributed by atoms with van der Waals surface area (Å²) in [5.74, 6) is 0.655. The van der Waals surface area contributed by atoms with Crippen molar-refractivity contribution < 1.29 is 23.4 Å². The van der Waals surface area contributed by atoms with Crippen molar-refractivity contribution in [3.63, 3.8) is 0 Å². The van der Waals surface area contributed by atoms with E-state index in [1.165, 1.54) is 4.90 Å². The molecule has 212 valence electrons. The topological polar surface area (TPSA) is 94.8 Å². The first-order valence-corrected chi connectivity index (χ1v) is 13.2. The predicted octanol–water partition coefficient (Wildman–Crippen LogP) is 4.87. The summed E-state index contributed by atoms with van der Waals surface area (Å²) in [7, 11) is 5.04. The largest absolute Gasteiger partial charge is 0.466 e. The summed E-state index contributed by atoms with van der Waals surface area (Å²) in [5, 5.41) is 6.36. The number of halogens is 1. The maximum atomic E-state index is 15.0. The van der Waals surface area contributed by atoms with E-state index in [0.717, 1.165) is 33.1 Å². The molecule has 0 unspecified atom stereocenters. The van der Waals surface area contributed by atoms with Crippen LogP contribution in [0.15, 0.2) is 36.7 Å². The fraction of sp³-hybridized carbons (Fsp3) is 0.448. The molecular weight excluding hydrogens is 515 g/mol. The molecule has 0 aliphatic carbocycles. The van der Waals surface area contributed by atoms with Crippen LogP contribution in [0, 0.1) is 6.92 Å². The molecule has 0 bridgehead atoms. The first-order valence-electron chi connectivity index (χ1n) is 13.2. The number of rotatable bonds is 6. The summed E-state index contributed by atoms with van der Waals surface area (Å²) in [4.78, 5) is 25.2. The molecule has 0 spiro atoms. The summed E-state index contributed by atoms with van der Waals surface area (Å²) < 4.78 is 33.4. The number of benzene rings is 1. The maximum absolute atomic E-state index is 15.0. The van der Waals surface area contributed by atoms with Gasteiger partial charge in [-0.25, -0.2) is 19.2 Å². The van der Waals surface area contributed by atoms with E-state index in [-0.39, 0.29) is 13.3 Å². The number of likely N-dealkylation sites (N-methyl/N-ethyl adjacent to an activating group) is 1. The molecule has 1 fully saturated rings. The lowest BCUT2D eigenvalue weighted by Crippen LogP contribution is -2.45. The molecule has 1 amide bonds. The van der Waals surface area contributed by atoms with E-state index < -0.39 is 23.9 Å². The van der Waals surface area contributed by atoms with Gasteiger partial charge in [-0.05, 0) is 52.0 Å². The van der Waals surface area contributed by atoms with Crippen LogP contribution in [0.3, 0.4) is 0 Å². The highest BCUT2D eigenvalue weighted by atomic mass is 19.1. The van der Waals surface area contributed by atoms with E-state index in [1.54, 1.807) is 45.8 Å². The minimum absolute atomic E-state index is 0.0941. The molecule has 1 aliphatic rings. The zero-order valence-corrected chi connectivity index (χ0v) is 23.9. The molecule has 1 saturated heterocycles. The number of ether oxygens (including phenoxy) is 3. The molecule has 40 heavy (non-hydrogen) atoms. The normalized spacial score (nSPS) is 17.6. The molecule has 0 saturated carbocycles. The van der Waals surface area contributed by atoms with Crippen molar-refractivity contribution in [3.05, 3.63) is 42.2 Å². The van der Waals surface area contributed by atoms with Crippen LogP contribution in [0.5, 0.6) is 5.75 Å². The van der Waals surface area contributed by atoms with Gasteiger partial charge in [-0.1, -0.05) is 0 Å². The third-order valence-corrected chi connectivity index (χ3v) is 6.99. The molecule has 11 heteroatoms. The lowest BCUT2D eigenvalue weighted by molar-refractivity contribution is 0.0183. The molecule has 5 rings (SSSR count). The number of nitrogens with zero attached hydrogens (tertiary/aromatic N) is 6. The van der Waals surface area contributed by atoms with Gasteiger partial charge in [0.2, 0.25) is 0 Å². The quantitative estimate of drug-likeness (QED) is 0.314. The van der Waals surface area contributed by atoms with E-state index in [0.29, 0.717) is 23.6 Å². The first-order chi connectivity index (χ1) is 18.9. The summed E-state index contributed by atoms with van der Waals surface area (Å²) >= 11 is 0. The van der Waals surface area contributed by atoms with Crippen molar-refractivity contribution in [3.8, 4) is 17.0 Å². The van der Waals surface area contributed by atoms with Crippen molar-refractivity contribution in [2.75, 3.05) is 38.9 Å². The number of amides is 1. The first kappa shape index (κ1) is 27.6. The second-order valence-electron chi connectivity index (χ2n) is 11.2. The number of aryl methyl sites for hydroxylation is 2. The molecule has 2 atom stereocenters. The fourth-order valence-corrected chi connectivity index (χ4v) is 5.04. The van der Waals surface area contributed by atoms with Gasteiger partial charge >= 0.3 is 6.09 Å². The molecule has 4 aromatic rings. The average Bonchev–Trinajstić information content (AvgIpc) is 3.48. The summed E-state index contributed by atoms with van der Waals surface area (Å²) in [5.41, 5.74) is 3.95. The maximum Gasteiger partial charge on any atom is 0.410 e. The minimum atomic E-state index is -1.22. The SMILES string of the molecule is COCOc1c(-c2ccc3cc(N4C[C@@H](F)[C@@H](N(C)C(=O)OC(C)(C)C)C4)cnc3n2)cc2cn(C)nc2c1C. The average molecular weight is 551 g/mol.